The Hall–Kier alpha value is -1.95. The molecule has 0 fully saturated rings. The summed E-state index contributed by atoms with van der Waals surface area (Å²) in [6, 6.07) is 5.21. The third kappa shape index (κ3) is 4.14. The molecule has 2 amide bonds. The molecule has 0 aromatic heterocycles. The number of benzene rings is 1. The first-order chi connectivity index (χ1) is 8.34. The number of hydrogen-bond acceptors (Lipinski definition) is 3. The molecule has 1 aromatic carbocycles. The molecule has 0 aliphatic rings. The maximum Gasteiger partial charge on any atom is 0.313 e. The van der Waals surface area contributed by atoms with Crippen LogP contribution in [0.25, 0.3) is 0 Å². The van der Waals surface area contributed by atoms with Gasteiger partial charge in [0.2, 0.25) is 0 Å². The van der Waals surface area contributed by atoms with E-state index >= 15 is 0 Å². The first-order valence-electron chi connectivity index (χ1n) is 5.34. The van der Waals surface area contributed by atoms with E-state index in [1.807, 2.05) is 0 Å². The highest BCUT2D eigenvalue weighted by molar-refractivity contribution is 6.39. The molecular weight excluding hydrogens is 239 g/mol. The van der Waals surface area contributed by atoms with Crippen molar-refractivity contribution in [1.29, 1.82) is 0 Å². The molecule has 0 unspecified atom stereocenters. The molecular formula is C12H15FN2O3. The van der Waals surface area contributed by atoms with Gasteiger partial charge in [0.05, 0.1) is 12.1 Å². The fourth-order valence-electron chi connectivity index (χ4n) is 1.16. The zero-order chi connectivity index (χ0) is 13.8. The highest BCUT2D eigenvalue weighted by Crippen LogP contribution is 2.09. The van der Waals surface area contributed by atoms with Crippen molar-refractivity contribution in [1.82, 2.24) is 5.32 Å². The van der Waals surface area contributed by atoms with Crippen molar-refractivity contribution in [2.45, 2.75) is 19.4 Å². The summed E-state index contributed by atoms with van der Waals surface area (Å²) in [6.07, 6.45) is 0. The number of hydrogen-bond donors (Lipinski definition) is 3. The van der Waals surface area contributed by atoms with Gasteiger partial charge in [-0.15, -0.1) is 0 Å². The second-order valence-electron chi connectivity index (χ2n) is 4.46. The number of carbonyl (C=O) groups is 2. The number of carbonyl (C=O) groups excluding carboxylic acids is 2. The summed E-state index contributed by atoms with van der Waals surface area (Å²) in [4.78, 5) is 23.0. The van der Waals surface area contributed by atoms with E-state index in [1.165, 1.54) is 18.2 Å². The zero-order valence-corrected chi connectivity index (χ0v) is 10.2. The third-order valence-corrected chi connectivity index (χ3v) is 2.14. The van der Waals surface area contributed by atoms with Crippen LogP contribution < -0.4 is 10.6 Å². The molecule has 0 bridgehead atoms. The Morgan fingerprint density at radius 1 is 1.33 bits per heavy atom. The molecule has 1 rings (SSSR count). The average Bonchev–Trinajstić information content (AvgIpc) is 2.28. The maximum atomic E-state index is 12.9. The SMILES string of the molecule is CC(C)(CO)NC(=O)C(=O)Nc1cccc(F)c1. The van der Waals surface area contributed by atoms with Crippen LogP contribution in [0.2, 0.25) is 0 Å². The van der Waals surface area contributed by atoms with Gasteiger partial charge >= 0.3 is 11.8 Å². The molecule has 98 valence electrons. The minimum absolute atomic E-state index is 0.192. The molecule has 0 heterocycles. The largest absolute Gasteiger partial charge is 0.394 e. The van der Waals surface area contributed by atoms with Crippen LogP contribution in [-0.2, 0) is 9.59 Å². The van der Waals surface area contributed by atoms with Gasteiger partial charge in [-0.1, -0.05) is 6.07 Å². The summed E-state index contributed by atoms with van der Waals surface area (Å²) in [5, 5.41) is 13.6. The maximum absolute atomic E-state index is 12.9. The third-order valence-electron chi connectivity index (χ3n) is 2.14. The number of rotatable bonds is 3. The molecule has 0 atom stereocenters. The Morgan fingerprint density at radius 2 is 2.00 bits per heavy atom. The number of amides is 2. The summed E-state index contributed by atoms with van der Waals surface area (Å²) in [5.74, 6) is -2.32. The molecule has 0 aliphatic carbocycles. The number of aliphatic hydroxyl groups excluding tert-OH is 1. The van der Waals surface area contributed by atoms with Gasteiger partial charge < -0.3 is 15.7 Å². The minimum Gasteiger partial charge on any atom is -0.394 e. The van der Waals surface area contributed by atoms with Crippen LogP contribution in [0.3, 0.4) is 0 Å². The zero-order valence-electron chi connectivity index (χ0n) is 10.2. The average molecular weight is 254 g/mol. The van der Waals surface area contributed by atoms with Crippen molar-refractivity contribution in [3.05, 3.63) is 30.1 Å². The van der Waals surface area contributed by atoms with Crippen molar-refractivity contribution >= 4 is 17.5 Å². The van der Waals surface area contributed by atoms with E-state index < -0.39 is 23.2 Å². The molecule has 3 N–H and O–H groups in total. The van der Waals surface area contributed by atoms with E-state index in [1.54, 1.807) is 13.8 Å². The lowest BCUT2D eigenvalue weighted by molar-refractivity contribution is -0.137. The molecule has 0 spiro atoms. The van der Waals surface area contributed by atoms with E-state index in [-0.39, 0.29) is 12.3 Å². The molecule has 0 radical (unpaired) electrons. The Morgan fingerprint density at radius 3 is 2.56 bits per heavy atom. The van der Waals surface area contributed by atoms with Crippen LogP contribution in [0.5, 0.6) is 0 Å². The predicted octanol–water partition coefficient (Wildman–Crippen LogP) is 0.651. The molecule has 18 heavy (non-hydrogen) atoms. The predicted molar refractivity (Wildman–Crippen MR) is 64.3 cm³/mol. The Labute approximate surface area is 104 Å². The molecule has 5 nitrogen and oxygen atoms in total. The molecule has 0 saturated heterocycles. The molecule has 1 aromatic rings. The quantitative estimate of drug-likeness (QED) is 0.693. The van der Waals surface area contributed by atoms with Crippen LogP contribution in [-0.4, -0.2) is 29.1 Å². The molecule has 0 aliphatic heterocycles. The van der Waals surface area contributed by atoms with Gasteiger partial charge in [-0.25, -0.2) is 4.39 Å². The van der Waals surface area contributed by atoms with Gasteiger partial charge in [-0.05, 0) is 32.0 Å². The van der Waals surface area contributed by atoms with Crippen LogP contribution >= 0.6 is 0 Å². The summed E-state index contributed by atoms with van der Waals surface area (Å²) < 4.78 is 12.9. The molecule has 6 heteroatoms. The van der Waals surface area contributed by atoms with E-state index in [2.05, 4.69) is 10.6 Å². The standard InChI is InChI=1S/C12H15FN2O3/c1-12(2,7-16)15-11(18)10(17)14-9-5-3-4-8(13)6-9/h3-6,16H,7H2,1-2H3,(H,14,17)(H,15,18). The monoisotopic (exact) mass is 254 g/mol. The van der Waals surface area contributed by atoms with Crippen LogP contribution in [0.4, 0.5) is 10.1 Å². The van der Waals surface area contributed by atoms with Gasteiger partial charge in [0.15, 0.2) is 0 Å². The summed E-state index contributed by atoms with van der Waals surface area (Å²) in [6.45, 7) is 2.84. The summed E-state index contributed by atoms with van der Waals surface area (Å²) >= 11 is 0. The normalized spacial score (nSPS) is 10.9. The van der Waals surface area contributed by atoms with Crippen molar-refractivity contribution < 1.29 is 19.1 Å². The first-order valence-corrected chi connectivity index (χ1v) is 5.34. The Kier molecular flexibility index (Phi) is 4.38. The topological polar surface area (TPSA) is 78.4 Å². The van der Waals surface area contributed by atoms with Crippen molar-refractivity contribution in [2.24, 2.45) is 0 Å². The number of aliphatic hydroxyl groups is 1. The second kappa shape index (κ2) is 5.59. The van der Waals surface area contributed by atoms with Crippen LogP contribution in [0.1, 0.15) is 13.8 Å². The smallest absolute Gasteiger partial charge is 0.313 e. The lowest BCUT2D eigenvalue weighted by Crippen LogP contribution is -2.50. The van der Waals surface area contributed by atoms with Gasteiger partial charge in [0, 0.05) is 5.69 Å². The van der Waals surface area contributed by atoms with Gasteiger partial charge in [0.1, 0.15) is 5.82 Å². The highest BCUT2D eigenvalue weighted by atomic mass is 19.1. The fourth-order valence-corrected chi connectivity index (χ4v) is 1.16. The van der Waals surface area contributed by atoms with Crippen LogP contribution in [0, 0.1) is 5.82 Å². The minimum atomic E-state index is -0.915. The lowest BCUT2D eigenvalue weighted by atomic mass is 10.1. The van der Waals surface area contributed by atoms with E-state index in [0.29, 0.717) is 0 Å². The van der Waals surface area contributed by atoms with Crippen molar-refractivity contribution in [2.75, 3.05) is 11.9 Å². The van der Waals surface area contributed by atoms with E-state index in [9.17, 15) is 14.0 Å². The number of anilines is 1. The fraction of sp³-hybridized carbons (Fsp3) is 0.333. The van der Waals surface area contributed by atoms with Crippen molar-refractivity contribution in [3.8, 4) is 0 Å². The second-order valence-corrected chi connectivity index (χ2v) is 4.46. The lowest BCUT2D eigenvalue weighted by Gasteiger charge is -2.22. The van der Waals surface area contributed by atoms with Gasteiger partial charge in [0.25, 0.3) is 0 Å². The number of halogens is 1. The molecule has 0 saturated carbocycles. The van der Waals surface area contributed by atoms with Crippen LogP contribution in [0.15, 0.2) is 24.3 Å². The highest BCUT2D eigenvalue weighted by Gasteiger charge is 2.23. The van der Waals surface area contributed by atoms with Gasteiger partial charge in [-0.3, -0.25) is 9.59 Å². The van der Waals surface area contributed by atoms with Gasteiger partial charge in [-0.2, -0.15) is 0 Å². The van der Waals surface area contributed by atoms with Crippen molar-refractivity contribution in [3.63, 3.8) is 0 Å². The number of nitrogens with one attached hydrogen (secondary N) is 2. The summed E-state index contributed by atoms with van der Waals surface area (Å²) in [7, 11) is 0. The summed E-state index contributed by atoms with van der Waals surface area (Å²) in [5.41, 5.74) is -0.701. The Bertz CT molecular complexity index is 460. The van der Waals surface area contributed by atoms with E-state index in [0.717, 1.165) is 6.07 Å². The Balaban J connectivity index is 2.63. The van der Waals surface area contributed by atoms with E-state index in [4.69, 9.17) is 5.11 Å². The first kappa shape index (κ1) is 14.1.